The minimum Gasteiger partial charge on any atom is -0.341 e. The predicted molar refractivity (Wildman–Crippen MR) is 78.7 cm³/mol. The Morgan fingerprint density at radius 1 is 1.44 bits per heavy atom. The van der Waals surface area contributed by atoms with Gasteiger partial charge in [0.15, 0.2) is 0 Å². The van der Waals surface area contributed by atoms with Crippen LogP contribution in [0.5, 0.6) is 0 Å². The van der Waals surface area contributed by atoms with E-state index in [1.807, 2.05) is 24.4 Å². The summed E-state index contributed by atoms with van der Waals surface area (Å²) >= 11 is 9.60. The van der Waals surface area contributed by atoms with Crippen LogP contribution in [0.1, 0.15) is 19.2 Å². The second kappa shape index (κ2) is 6.36. The Morgan fingerprint density at radius 3 is 3.00 bits per heavy atom. The van der Waals surface area contributed by atoms with Crippen molar-refractivity contribution in [2.75, 3.05) is 6.54 Å². The summed E-state index contributed by atoms with van der Waals surface area (Å²) in [6.45, 7) is 3.89. The Hall–Kier alpha value is -0.840. The van der Waals surface area contributed by atoms with Crippen LogP contribution in [0.4, 0.5) is 0 Å². The zero-order valence-electron chi connectivity index (χ0n) is 10.1. The molecule has 0 aliphatic heterocycles. The van der Waals surface area contributed by atoms with Gasteiger partial charge in [-0.25, -0.2) is 4.98 Å². The Morgan fingerprint density at radius 2 is 2.28 bits per heavy atom. The van der Waals surface area contributed by atoms with Gasteiger partial charge in [-0.2, -0.15) is 0 Å². The van der Waals surface area contributed by atoms with Crippen LogP contribution in [0, 0.1) is 0 Å². The molecule has 0 saturated carbocycles. The van der Waals surface area contributed by atoms with Crippen LogP contribution in [-0.2, 0) is 6.54 Å². The predicted octanol–water partition coefficient (Wildman–Crippen LogP) is 3.99. The molecule has 5 heteroatoms. The number of halogens is 2. The van der Waals surface area contributed by atoms with Gasteiger partial charge in [0.25, 0.3) is 0 Å². The Kier molecular flexibility index (Phi) is 4.80. The molecular weight excluding hydrogens is 314 g/mol. The Bertz CT molecular complexity index is 525. The maximum Gasteiger partial charge on any atom is 0.120 e. The fourth-order valence-electron chi connectivity index (χ4n) is 1.68. The average Bonchev–Trinajstić information content (AvgIpc) is 2.78. The summed E-state index contributed by atoms with van der Waals surface area (Å²) < 4.78 is 0.973. The number of rotatable bonds is 5. The smallest absolute Gasteiger partial charge is 0.120 e. The molecule has 0 bridgehead atoms. The Labute approximate surface area is 120 Å². The third kappa shape index (κ3) is 3.34. The van der Waals surface area contributed by atoms with Crippen LogP contribution in [0.25, 0.3) is 11.3 Å². The van der Waals surface area contributed by atoms with Crippen molar-refractivity contribution in [1.29, 1.82) is 0 Å². The van der Waals surface area contributed by atoms with Crippen molar-refractivity contribution in [2.45, 2.75) is 19.9 Å². The fourth-order valence-corrected chi connectivity index (χ4v) is 2.46. The van der Waals surface area contributed by atoms with Gasteiger partial charge in [-0.3, -0.25) is 0 Å². The maximum atomic E-state index is 6.21. The number of benzene rings is 1. The molecule has 96 valence electrons. The van der Waals surface area contributed by atoms with Crippen molar-refractivity contribution in [3.05, 3.63) is 39.7 Å². The van der Waals surface area contributed by atoms with Crippen LogP contribution in [0.3, 0.4) is 0 Å². The molecule has 0 amide bonds. The second-order valence-corrected chi connectivity index (χ2v) is 5.37. The molecule has 3 nitrogen and oxygen atoms in total. The fraction of sp³-hybridized carbons (Fsp3) is 0.308. The number of imidazole rings is 1. The summed E-state index contributed by atoms with van der Waals surface area (Å²) in [5.41, 5.74) is 1.91. The van der Waals surface area contributed by atoms with Gasteiger partial charge in [-0.15, -0.1) is 0 Å². The molecule has 2 rings (SSSR count). The van der Waals surface area contributed by atoms with Crippen molar-refractivity contribution in [2.24, 2.45) is 0 Å². The molecule has 1 aromatic heterocycles. The SMILES string of the molecule is CCCNCc1ncc(-c2ccc(Br)cc2Cl)[nH]1. The van der Waals surface area contributed by atoms with Gasteiger partial charge in [0.2, 0.25) is 0 Å². The van der Waals surface area contributed by atoms with Gasteiger partial charge >= 0.3 is 0 Å². The third-order valence-corrected chi connectivity index (χ3v) is 3.37. The van der Waals surface area contributed by atoms with Gasteiger partial charge in [0, 0.05) is 10.0 Å². The second-order valence-electron chi connectivity index (χ2n) is 4.04. The van der Waals surface area contributed by atoms with Crippen molar-refractivity contribution in [3.63, 3.8) is 0 Å². The summed E-state index contributed by atoms with van der Waals surface area (Å²) in [6, 6.07) is 5.83. The van der Waals surface area contributed by atoms with Gasteiger partial charge in [-0.05, 0) is 25.1 Å². The highest BCUT2D eigenvalue weighted by Gasteiger charge is 2.07. The molecule has 0 fully saturated rings. The molecule has 2 N–H and O–H groups in total. The van der Waals surface area contributed by atoms with E-state index in [1.54, 1.807) is 0 Å². The summed E-state index contributed by atoms with van der Waals surface area (Å²) in [5, 5.41) is 4.01. The number of nitrogens with zero attached hydrogens (tertiary/aromatic N) is 1. The minimum atomic E-state index is 0.709. The van der Waals surface area contributed by atoms with Gasteiger partial charge in [0.1, 0.15) is 5.82 Å². The number of H-pyrrole nitrogens is 1. The Balaban J connectivity index is 2.13. The molecule has 0 saturated heterocycles. The quantitative estimate of drug-likeness (QED) is 0.815. The molecule has 1 heterocycles. The first-order chi connectivity index (χ1) is 8.70. The number of nitrogens with one attached hydrogen (secondary N) is 2. The summed E-state index contributed by atoms with van der Waals surface area (Å²) in [7, 11) is 0. The zero-order valence-corrected chi connectivity index (χ0v) is 12.5. The lowest BCUT2D eigenvalue weighted by Crippen LogP contribution is -2.14. The number of aromatic nitrogens is 2. The largest absolute Gasteiger partial charge is 0.341 e. The standard InChI is InChI=1S/C13H15BrClN3/c1-2-5-16-8-13-17-7-12(18-13)10-4-3-9(14)6-11(10)15/h3-4,6-7,16H,2,5,8H2,1H3,(H,17,18). The number of aromatic amines is 1. The topological polar surface area (TPSA) is 40.7 Å². The van der Waals surface area contributed by atoms with Crippen LogP contribution in [0.2, 0.25) is 5.02 Å². The van der Waals surface area contributed by atoms with Gasteiger partial charge < -0.3 is 10.3 Å². The van der Waals surface area contributed by atoms with Crippen LogP contribution < -0.4 is 5.32 Å². The number of hydrogen-bond acceptors (Lipinski definition) is 2. The first-order valence-electron chi connectivity index (χ1n) is 5.90. The summed E-state index contributed by atoms with van der Waals surface area (Å²) in [4.78, 5) is 7.61. The molecule has 0 atom stereocenters. The van der Waals surface area contributed by atoms with Crippen molar-refractivity contribution >= 4 is 27.5 Å². The van der Waals surface area contributed by atoms with Gasteiger partial charge in [0.05, 0.1) is 23.5 Å². The van der Waals surface area contributed by atoms with E-state index < -0.39 is 0 Å². The van der Waals surface area contributed by atoms with E-state index >= 15 is 0 Å². The van der Waals surface area contributed by atoms with E-state index in [2.05, 4.69) is 38.1 Å². The van der Waals surface area contributed by atoms with Crippen molar-refractivity contribution in [1.82, 2.24) is 15.3 Å². The lowest BCUT2D eigenvalue weighted by Gasteiger charge is -2.02. The molecular formula is C13H15BrClN3. The third-order valence-electron chi connectivity index (χ3n) is 2.57. The van der Waals surface area contributed by atoms with Crippen molar-refractivity contribution in [3.8, 4) is 11.3 Å². The molecule has 18 heavy (non-hydrogen) atoms. The normalized spacial score (nSPS) is 10.8. The zero-order chi connectivity index (χ0) is 13.0. The highest BCUT2D eigenvalue weighted by Crippen LogP contribution is 2.29. The molecule has 0 aliphatic carbocycles. The monoisotopic (exact) mass is 327 g/mol. The minimum absolute atomic E-state index is 0.709. The van der Waals surface area contributed by atoms with Crippen LogP contribution in [-0.4, -0.2) is 16.5 Å². The van der Waals surface area contributed by atoms with Crippen molar-refractivity contribution < 1.29 is 0 Å². The first kappa shape index (κ1) is 13.6. The summed E-state index contributed by atoms with van der Waals surface area (Å²) in [5.74, 6) is 0.928. The lowest BCUT2D eigenvalue weighted by molar-refractivity contribution is 0.655. The highest BCUT2D eigenvalue weighted by atomic mass is 79.9. The van der Waals surface area contributed by atoms with E-state index in [-0.39, 0.29) is 0 Å². The highest BCUT2D eigenvalue weighted by molar-refractivity contribution is 9.10. The summed E-state index contributed by atoms with van der Waals surface area (Å²) in [6.07, 6.45) is 2.93. The van der Waals surface area contributed by atoms with Crippen LogP contribution in [0.15, 0.2) is 28.9 Å². The molecule has 2 aromatic rings. The van der Waals surface area contributed by atoms with E-state index in [9.17, 15) is 0 Å². The molecule has 1 aromatic carbocycles. The van der Waals surface area contributed by atoms with E-state index in [1.165, 1.54) is 0 Å². The molecule has 0 unspecified atom stereocenters. The molecule has 0 aliphatic rings. The van der Waals surface area contributed by atoms with E-state index in [4.69, 9.17) is 11.6 Å². The van der Waals surface area contributed by atoms with Gasteiger partial charge in [-0.1, -0.05) is 40.5 Å². The molecule has 0 radical (unpaired) electrons. The number of hydrogen-bond donors (Lipinski definition) is 2. The average molecular weight is 329 g/mol. The first-order valence-corrected chi connectivity index (χ1v) is 7.08. The maximum absolute atomic E-state index is 6.21. The van der Waals surface area contributed by atoms with E-state index in [0.29, 0.717) is 5.02 Å². The molecule has 0 spiro atoms. The lowest BCUT2D eigenvalue weighted by atomic mass is 10.2. The van der Waals surface area contributed by atoms with Crippen LogP contribution >= 0.6 is 27.5 Å². The van der Waals surface area contributed by atoms with E-state index in [0.717, 1.165) is 41.1 Å².